The molecule has 3 rings (SSSR count). The van der Waals surface area contributed by atoms with Crippen LogP contribution in [0.4, 0.5) is 5.82 Å². The molecule has 2 aliphatic rings. The molecule has 0 aromatic carbocycles. The van der Waals surface area contributed by atoms with E-state index in [1.807, 2.05) is 10.9 Å². The molecule has 5 heteroatoms. The van der Waals surface area contributed by atoms with Gasteiger partial charge in [-0.3, -0.25) is 4.68 Å². The Morgan fingerprint density at radius 2 is 2.24 bits per heavy atom. The first kappa shape index (κ1) is 11.4. The number of hydrogen-bond acceptors (Lipinski definition) is 3. The van der Waals surface area contributed by atoms with Gasteiger partial charge in [0.15, 0.2) is 5.82 Å². The van der Waals surface area contributed by atoms with Crippen molar-refractivity contribution in [3.8, 4) is 0 Å². The first-order valence-electron chi connectivity index (χ1n) is 6.33. The first-order valence-corrected chi connectivity index (χ1v) is 6.70. The SMILES string of the molecule is Nc1nn(C2CCOC3(CCCC3)C2)cc1Cl. The molecule has 1 unspecified atom stereocenters. The summed E-state index contributed by atoms with van der Waals surface area (Å²) >= 11 is 5.96. The second-order valence-electron chi connectivity index (χ2n) is 5.23. The van der Waals surface area contributed by atoms with Gasteiger partial charge in [0.1, 0.15) is 5.02 Å². The molecule has 94 valence electrons. The Hall–Kier alpha value is -0.740. The monoisotopic (exact) mass is 255 g/mol. The molecule has 1 atom stereocenters. The fourth-order valence-corrected chi connectivity index (χ4v) is 3.30. The van der Waals surface area contributed by atoms with E-state index in [0.29, 0.717) is 16.9 Å². The zero-order valence-electron chi connectivity index (χ0n) is 9.86. The van der Waals surface area contributed by atoms with Crippen molar-refractivity contribution < 1.29 is 4.74 Å². The Bertz CT molecular complexity index is 392. The predicted molar refractivity (Wildman–Crippen MR) is 67.1 cm³/mol. The third kappa shape index (κ3) is 2.04. The summed E-state index contributed by atoms with van der Waals surface area (Å²) in [6.45, 7) is 0.821. The minimum absolute atomic E-state index is 0.107. The highest BCUT2D eigenvalue weighted by atomic mass is 35.5. The van der Waals surface area contributed by atoms with Crippen LogP contribution in [-0.4, -0.2) is 22.0 Å². The lowest BCUT2D eigenvalue weighted by Gasteiger charge is -2.38. The summed E-state index contributed by atoms with van der Waals surface area (Å²) in [5.41, 5.74) is 5.80. The van der Waals surface area contributed by atoms with Gasteiger partial charge in [0.25, 0.3) is 0 Å². The maximum Gasteiger partial charge on any atom is 0.164 e. The van der Waals surface area contributed by atoms with Crippen LogP contribution in [0.5, 0.6) is 0 Å². The summed E-state index contributed by atoms with van der Waals surface area (Å²) < 4.78 is 7.94. The Kier molecular flexibility index (Phi) is 2.79. The highest BCUT2D eigenvalue weighted by Crippen LogP contribution is 2.43. The van der Waals surface area contributed by atoms with E-state index >= 15 is 0 Å². The van der Waals surface area contributed by atoms with Gasteiger partial charge in [-0.2, -0.15) is 5.10 Å². The van der Waals surface area contributed by atoms with Gasteiger partial charge < -0.3 is 10.5 Å². The summed E-state index contributed by atoms with van der Waals surface area (Å²) in [6.07, 6.45) is 8.84. The predicted octanol–water partition coefficient (Wildman–Crippen LogP) is 2.78. The normalized spacial score (nSPS) is 27.7. The highest BCUT2D eigenvalue weighted by molar-refractivity contribution is 6.32. The van der Waals surface area contributed by atoms with Gasteiger partial charge in [-0.05, 0) is 25.7 Å². The van der Waals surface area contributed by atoms with E-state index in [2.05, 4.69) is 5.10 Å². The van der Waals surface area contributed by atoms with Crippen LogP contribution in [0.25, 0.3) is 0 Å². The summed E-state index contributed by atoms with van der Waals surface area (Å²) in [5.74, 6) is 0.429. The van der Waals surface area contributed by atoms with Crippen molar-refractivity contribution in [2.45, 2.75) is 50.2 Å². The fraction of sp³-hybridized carbons (Fsp3) is 0.750. The van der Waals surface area contributed by atoms with E-state index in [0.717, 1.165) is 19.4 Å². The van der Waals surface area contributed by atoms with Crippen molar-refractivity contribution in [2.75, 3.05) is 12.3 Å². The van der Waals surface area contributed by atoms with Crippen LogP contribution < -0.4 is 5.73 Å². The minimum Gasteiger partial charge on any atom is -0.381 e. The van der Waals surface area contributed by atoms with Crippen molar-refractivity contribution >= 4 is 17.4 Å². The van der Waals surface area contributed by atoms with Crippen LogP contribution in [0.15, 0.2) is 6.20 Å². The molecule has 2 heterocycles. The molecule has 2 fully saturated rings. The van der Waals surface area contributed by atoms with Crippen LogP contribution in [0.3, 0.4) is 0 Å². The zero-order valence-corrected chi connectivity index (χ0v) is 10.6. The van der Waals surface area contributed by atoms with E-state index in [9.17, 15) is 0 Å². The molecule has 4 nitrogen and oxygen atoms in total. The lowest BCUT2D eigenvalue weighted by Crippen LogP contribution is -2.38. The molecule has 1 aliphatic heterocycles. The van der Waals surface area contributed by atoms with Gasteiger partial charge in [-0.1, -0.05) is 24.4 Å². The number of ether oxygens (including phenoxy) is 1. The molecule has 0 amide bonds. The second kappa shape index (κ2) is 4.18. The maximum atomic E-state index is 6.01. The van der Waals surface area contributed by atoms with Gasteiger partial charge in [-0.15, -0.1) is 0 Å². The van der Waals surface area contributed by atoms with Crippen LogP contribution in [-0.2, 0) is 4.74 Å². The summed E-state index contributed by atoms with van der Waals surface area (Å²) in [6, 6.07) is 0.386. The zero-order chi connectivity index (χ0) is 11.9. The number of nitrogens with zero attached hydrogens (tertiary/aromatic N) is 2. The average molecular weight is 256 g/mol. The van der Waals surface area contributed by atoms with E-state index in [1.54, 1.807) is 0 Å². The number of nitrogen functional groups attached to an aromatic ring is 1. The topological polar surface area (TPSA) is 53.1 Å². The Labute approximate surface area is 106 Å². The smallest absolute Gasteiger partial charge is 0.164 e. The van der Waals surface area contributed by atoms with Gasteiger partial charge in [-0.25, -0.2) is 0 Å². The number of aromatic nitrogens is 2. The summed E-state index contributed by atoms with van der Waals surface area (Å²) in [7, 11) is 0. The van der Waals surface area contributed by atoms with Gasteiger partial charge in [0.05, 0.1) is 11.6 Å². The summed E-state index contributed by atoms with van der Waals surface area (Å²) in [4.78, 5) is 0. The van der Waals surface area contributed by atoms with E-state index in [1.165, 1.54) is 25.7 Å². The number of halogens is 1. The van der Waals surface area contributed by atoms with Crippen LogP contribution in [0.2, 0.25) is 5.02 Å². The van der Waals surface area contributed by atoms with Crippen LogP contribution in [0.1, 0.15) is 44.6 Å². The highest BCUT2D eigenvalue weighted by Gasteiger charge is 2.40. The number of hydrogen-bond donors (Lipinski definition) is 1. The molecular weight excluding hydrogens is 238 g/mol. The molecule has 1 spiro atoms. The quantitative estimate of drug-likeness (QED) is 0.840. The largest absolute Gasteiger partial charge is 0.381 e. The molecule has 1 aromatic rings. The van der Waals surface area contributed by atoms with Crippen molar-refractivity contribution in [1.82, 2.24) is 9.78 Å². The second-order valence-corrected chi connectivity index (χ2v) is 5.63. The Balaban J connectivity index is 1.79. The van der Waals surface area contributed by atoms with E-state index in [-0.39, 0.29) is 5.60 Å². The molecule has 1 saturated heterocycles. The maximum absolute atomic E-state index is 6.01. The molecule has 2 N–H and O–H groups in total. The van der Waals surface area contributed by atoms with Gasteiger partial charge in [0.2, 0.25) is 0 Å². The Morgan fingerprint density at radius 1 is 1.47 bits per heavy atom. The van der Waals surface area contributed by atoms with Crippen LogP contribution >= 0.6 is 11.6 Å². The van der Waals surface area contributed by atoms with E-state index < -0.39 is 0 Å². The molecular formula is C12H18ClN3O. The third-order valence-electron chi connectivity index (χ3n) is 4.07. The minimum atomic E-state index is 0.107. The van der Waals surface area contributed by atoms with Crippen molar-refractivity contribution in [1.29, 1.82) is 0 Å². The van der Waals surface area contributed by atoms with Crippen LogP contribution in [0, 0.1) is 0 Å². The third-order valence-corrected chi connectivity index (χ3v) is 4.36. The molecule has 0 radical (unpaired) electrons. The van der Waals surface area contributed by atoms with Crippen molar-refractivity contribution in [2.24, 2.45) is 0 Å². The van der Waals surface area contributed by atoms with Crippen molar-refractivity contribution in [3.63, 3.8) is 0 Å². The lowest BCUT2D eigenvalue weighted by atomic mass is 9.89. The standard InChI is InChI=1S/C12H18ClN3O/c13-10-8-16(15-11(10)14)9-3-6-17-12(7-9)4-1-2-5-12/h8-9H,1-7H2,(H2,14,15). The number of anilines is 1. The first-order chi connectivity index (χ1) is 8.19. The van der Waals surface area contributed by atoms with Gasteiger partial charge >= 0.3 is 0 Å². The number of nitrogens with two attached hydrogens (primary N) is 1. The fourth-order valence-electron chi connectivity index (χ4n) is 3.17. The Morgan fingerprint density at radius 3 is 2.88 bits per heavy atom. The summed E-state index contributed by atoms with van der Waals surface area (Å²) in [5, 5.41) is 4.85. The van der Waals surface area contributed by atoms with E-state index in [4.69, 9.17) is 22.1 Å². The molecule has 17 heavy (non-hydrogen) atoms. The number of rotatable bonds is 1. The molecule has 1 aliphatic carbocycles. The lowest BCUT2D eigenvalue weighted by molar-refractivity contribution is -0.0909. The molecule has 0 bridgehead atoms. The average Bonchev–Trinajstić information content (AvgIpc) is 2.88. The van der Waals surface area contributed by atoms with Gasteiger partial charge in [0, 0.05) is 12.8 Å². The molecule has 1 aromatic heterocycles. The van der Waals surface area contributed by atoms with Crippen molar-refractivity contribution in [3.05, 3.63) is 11.2 Å². The molecule has 1 saturated carbocycles.